The van der Waals surface area contributed by atoms with Crippen LogP contribution in [0.2, 0.25) is 0 Å². The highest BCUT2D eigenvalue weighted by molar-refractivity contribution is 5.78. The minimum Gasteiger partial charge on any atom is -0.484 e. The number of aryl methyl sites for hydroxylation is 1. The Kier molecular flexibility index (Phi) is 6.87. The van der Waals surface area contributed by atoms with Crippen LogP contribution in [0.15, 0.2) is 53.1 Å². The topological polar surface area (TPSA) is 68.5 Å². The summed E-state index contributed by atoms with van der Waals surface area (Å²) in [6.45, 7) is 10.4. The van der Waals surface area contributed by atoms with Crippen molar-refractivity contribution in [2.45, 2.75) is 53.1 Å². The highest BCUT2D eigenvalue weighted by Gasteiger charge is 2.21. The van der Waals surface area contributed by atoms with Crippen LogP contribution in [0.4, 0.5) is 0 Å². The fraction of sp³-hybridized carbons (Fsp3) is 0.375. The van der Waals surface area contributed by atoms with Crippen molar-refractivity contribution in [2.24, 2.45) is 0 Å². The first kappa shape index (κ1) is 21.6. The van der Waals surface area contributed by atoms with Crippen LogP contribution in [0.25, 0.3) is 11.4 Å². The molecule has 3 rings (SSSR count). The molecule has 6 nitrogen and oxygen atoms in total. The summed E-state index contributed by atoms with van der Waals surface area (Å²) in [6.07, 6.45) is 0. The summed E-state index contributed by atoms with van der Waals surface area (Å²) in [5, 5.41) is 4.05. The van der Waals surface area contributed by atoms with E-state index in [0.29, 0.717) is 23.4 Å². The zero-order chi connectivity index (χ0) is 21.7. The Labute approximate surface area is 177 Å². The van der Waals surface area contributed by atoms with E-state index in [0.717, 1.165) is 11.1 Å². The quantitative estimate of drug-likeness (QED) is 0.526. The molecule has 0 aliphatic heterocycles. The van der Waals surface area contributed by atoms with Gasteiger partial charge in [0.25, 0.3) is 5.91 Å². The van der Waals surface area contributed by atoms with Crippen molar-refractivity contribution >= 4 is 5.91 Å². The van der Waals surface area contributed by atoms with Gasteiger partial charge in [0.15, 0.2) is 6.61 Å². The van der Waals surface area contributed by atoms with Gasteiger partial charge < -0.3 is 14.2 Å². The lowest BCUT2D eigenvalue weighted by molar-refractivity contribution is -0.136. The smallest absolute Gasteiger partial charge is 0.261 e. The lowest BCUT2D eigenvalue weighted by Crippen LogP contribution is -2.39. The molecule has 1 heterocycles. The molecule has 0 aliphatic carbocycles. The maximum atomic E-state index is 12.8. The zero-order valence-electron chi connectivity index (χ0n) is 18.3. The second kappa shape index (κ2) is 9.57. The normalized spacial score (nSPS) is 11.2. The summed E-state index contributed by atoms with van der Waals surface area (Å²) < 4.78 is 11.1. The molecule has 0 bridgehead atoms. The molecule has 0 saturated carbocycles. The van der Waals surface area contributed by atoms with E-state index in [1.165, 1.54) is 5.56 Å². The molecule has 0 radical (unpaired) electrons. The van der Waals surface area contributed by atoms with Crippen molar-refractivity contribution in [1.82, 2.24) is 15.0 Å². The third kappa shape index (κ3) is 5.47. The molecule has 0 aliphatic rings. The maximum Gasteiger partial charge on any atom is 0.261 e. The molecule has 0 N–H and O–H groups in total. The molecule has 6 heteroatoms. The van der Waals surface area contributed by atoms with E-state index in [2.05, 4.69) is 24.0 Å². The Morgan fingerprint density at radius 1 is 1.03 bits per heavy atom. The molecule has 1 aromatic heterocycles. The number of hydrogen-bond acceptors (Lipinski definition) is 5. The van der Waals surface area contributed by atoms with Crippen molar-refractivity contribution in [1.29, 1.82) is 0 Å². The van der Waals surface area contributed by atoms with Crippen LogP contribution in [0, 0.1) is 6.92 Å². The van der Waals surface area contributed by atoms with Crippen molar-refractivity contribution in [3.05, 3.63) is 65.5 Å². The van der Waals surface area contributed by atoms with Gasteiger partial charge >= 0.3 is 0 Å². The van der Waals surface area contributed by atoms with E-state index < -0.39 is 0 Å². The first-order valence-electron chi connectivity index (χ1n) is 10.3. The molecule has 0 saturated heterocycles. The van der Waals surface area contributed by atoms with E-state index in [9.17, 15) is 4.79 Å². The molecule has 2 aromatic carbocycles. The molecule has 158 valence electrons. The van der Waals surface area contributed by atoms with Crippen LogP contribution < -0.4 is 4.74 Å². The molecule has 0 fully saturated rings. The van der Waals surface area contributed by atoms with Gasteiger partial charge in [-0.2, -0.15) is 4.98 Å². The second-order valence-corrected chi connectivity index (χ2v) is 8.01. The first-order valence-corrected chi connectivity index (χ1v) is 10.3. The number of amides is 1. The molecule has 0 spiro atoms. The lowest BCUT2D eigenvalue weighted by atomic mass is 10.0. The number of aromatic nitrogens is 2. The summed E-state index contributed by atoms with van der Waals surface area (Å²) in [4.78, 5) is 18.9. The number of hydrogen-bond donors (Lipinski definition) is 0. The van der Waals surface area contributed by atoms with E-state index in [-0.39, 0.29) is 25.1 Å². The van der Waals surface area contributed by atoms with Crippen LogP contribution in [-0.2, 0) is 11.3 Å². The molecular weight excluding hydrogens is 378 g/mol. The number of ether oxygens (including phenoxy) is 1. The summed E-state index contributed by atoms with van der Waals surface area (Å²) in [7, 11) is 0. The van der Waals surface area contributed by atoms with Crippen LogP contribution in [-0.4, -0.2) is 33.6 Å². The van der Waals surface area contributed by atoms with Crippen molar-refractivity contribution in [3.8, 4) is 17.1 Å². The SMILES string of the molecule is Cc1ccc(-c2noc(CN(C(=O)COc3ccc(C(C)C)cc3)C(C)C)n2)cc1. The Balaban J connectivity index is 1.62. The van der Waals surface area contributed by atoms with Gasteiger partial charge in [-0.15, -0.1) is 0 Å². The molecular formula is C24H29N3O3. The van der Waals surface area contributed by atoms with Gasteiger partial charge in [0.1, 0.15) is 12.3 Å². The number of rotatable bonds is 8. The van der Waals surface area contributed by atoms with Crippen LogP contribution in [0.3, 0.4) is 0 Å². The van der Waals surface area contributed by atoms with Crippen LogP contribution in [0.5, 0.6) is 5.75 Å². The van der Waals surface area contributed by atoms with Crippen molar-refractivity contribution in [3.63, 3.8) is 0 Å². The summed E-state index contributed by atoms with van der Waals surface area (Å²) in [5.41, 5.74) is 3.28. The third-order valence-electron chi connectivity index (χ3n) is 4.94. The van der Waals surface area contributed by atoms with E-state index in [4.69, 9.17) is 9.26 Å². The summed E-state index contributed by atoms with van der Waals surface area (Å²) in [6, 6.07) is 15.7. The van der Waals surface area contributed by atoms with Gasteiger partial charge in [0, 0.05) is 11.6 Å². The molecule has 0 atom stereocenters. The first-order chi connectivity index (χ1) is 14.3. The minimum absolute atomic E-state index is 0.0286. The predicted molar refractivity (Wildman–Crippen MR) is 116 cm³/mol. The summed E-state index contributed by atoms with van der Waals surface area (Å²) >= 11 is 0. The van der Waals surface area contributed by atoms with Gasteiger partial charge in [-0.1, -0.05) is 61.0 Å². The van der Waals surface area contributed by atoms with Gasteiger partial charge in [-0.25, -0.2) is 0 Å². The van der Waals surface area contributed by atoms with E-state index >= 15 is 0 Å². The Morgan fingerprint density at radius 3 is 2.30 bits per heavy atom. The number of carbonyl (C=O) groups is 1. The van der Waals surface area contributed by atoms with E-state index in [1.807, 2.05) is 69.3 Å². The Hall–Kier alpha value is -3.15. The van der Waals surface area contributed by atoms with Gasteiger partial charge in [-0.3, -0.25) is 4.79 Å². The standard InChI is InChI=1S/C24H29N3O3/c1-16(2)19-10-12-21(13-11-19)29-15-23(28)27(17(3)4)14-22-25-24(26-30-22)20-8-6-18(5)7-9-20/h6-13,16-17H,14-15H2,1-5H3. The Morgan fingerprint density at radius 2 is 1.70 bits per heavy atom. The monoisotopic (exact) mass is 407 g/mol. The Bertz CT molecular complexity index is 960. The second-order valence-electron chi connectivity index (χ2n) is 8.01. The highest BCUT2D eigenvalue weighted by Crippen LogP contribution is 2.20. The third-order valence-corrected chi connectivity index (χ3v) is 4.94. The van der Waals surface area contributed by atoms with Gasteiger partial charge in [0.05, 0.1) is 0 Å². The van der Waals surface area contributed by atoms with Crippen molar-refractivity contribution in [2.75, 3.05) is 6.61 Å². The zero-order valence-corrected chi connectivity index (χ0v) is 18.3. The fourth-order valence-corrected chi connectivity index (χ4v) is 3.02. The van der Waals surface area contributed by atoms with Crippen LogP contribution in [0.1, 0.15) is 50.6 Å². The molecule has 0 unspecified atom stereocenters. The van der Waals surface area contributed by atoms with Crippen molar-refractivity contribution < 1.29 is 14.1 Å². The van der Waals surface area contributed by atoms with Gasteiger partial charge in [0.2, 0.25) is 11.7 Å². The highest BCUT2D eigenvalue weighted by atomic mass is 16.5. The summed E-state index contributed by atoms with van der Waals surface area (Å²) in [5.74, 6) is 1.91. The predicted octanol–water partition coefficient (Wildman–Crippen LogP) is 4.98. The van der Waals surface area contributed by atoms with E-state index in [1.54, 1.807) is 4.90 Å². The van der Waals surface area contributed by atoms with Crippen LogP contribution >= 0.6 is 0 Å². The lowest BCUT2D eigenvalue weighted by Gasteiger charge is -2.25. The molecule has 1 amide bonds. The fourth-order valence-electron chi connectivity index (χ4n) is 3.02. The van der Waals surface area contributed by atoms with Gasteiger partial charge in [-0.05, 0) is 44.4 Å². The molecule has 3 aromatic rings. The largest absolute Gasteiger partial charge is 0.484 e. The number of nitrogens with zero attached hydrogens (tertiary/aromatic N) is 3. The number of carbonyl (C=O) groups excluding carboxylic acids is 1. The minimum atomic E-state index is -0.131. The maximum absolute atomic E-state index is 12.8. The average molecular weight is 408 g/mol. The average Bonchev–Trinajstić information content (AvgIpc) is 3.19. The molecule has 30 heavy (non-hydrogen) atoms. The number of benzene rings is 2.